The van der Waals surface area contributed by atoms with E-state index in [-0.39, 0.29) is 5.60 Å². The van der Waals surface area contributed by atoms with Crippen LogP contribution in [0, 0.1) is 0 Å². The van der Waals surface area contributed by atoms with Gasteiger partial charge in [0.1, 0.15) is 0 Å². The van der Waals surface area contributed by atoms with E-state index in [2.05, 4.69) is 35.3 Å². The third-order valence-electron chi connectivity index (χ3n) is 2.88. The zero-order valence-electron chi connectivity index (χ0n) is 8.21. The lowest BCUT2D eigenvalue weighted by Crippen LogP contribution is -2.62. The van der Waals surface area contributed by atoms with Gasteiger partial charge in [-0.15, -0.1) is 0 Å². The number of nitrogens with one attached hydrogen (secondary N) is 1. The Morgan fingerprint density at radius 1 is 1.62 bits per heavy atom. The molecule has 0 spiro atoms. The van der Waals surface area contributed by atoms with Crippen LogP contribution >= 0.6 is 0 Å². The van der Waals surface area contributed by atoms with Gasteiger partial charge in [0, 0.05) is 45.6 Å². The van der Waals surface area contributed by atoms with Crippen LogP contribution in [-0.4, -0.2) is 30.4 Å². The normalized spacial score (nSPS) is 19.8. The fourth-order valence-electron chi connectivity index (χ4n) is 1.76. The van der Waals surface area contributed by atoms with Crippen molar-refractivity contribution in [2.45, 2.75) is 12.0 Å². The molecule has 0 aliphatic carbocycles. The second kappa shape index (κ2) is 3.16. The largest absolute Gasteiger partial charge is 0.375 e. The van der Waals surface area contributed by atoms with Gasteiger partial charge in [0.15, 0.2) is 0 Å². The summed E-state index contributed by atoms with van der Waals surface area (Å²) in [6.07, 6.45) is 3.07. The molecule has 1 aliphatic heterocycles. The van der Waals surface area contributed by atoms with Gasteiger partial charge in [-0.2, -0.15) is 0 Å². The van der Waals surface area contributed by atoms with Crippen molar-refractivity contribution in [2.24, 2.45) is 7.05 Å². The van der Waals surface area contributed by atoms with Crippen molar-refractivity contribution in [1.29, 1.82) is 0 Å². The third-order valence-corrected chi connectivity index (χ3v) is 2.88. The van der Waals surface area contributed by atoms with Crippen molar-refractivity contribution in [3.8, 4) is 0 Å². The van der Waals surface area contributed by atoms with Gasteiger partial charge in [0.2, 0.25) is 0 Å². The fraction of sp³-hybridized carbons (Fsp3) is 0.600. The molecule has 72 valence electrons. The van der Waals surface area contributed by atoms with Crippen molar-refractivity contribution in [2.75, 3.05) is 20.2 Å². The average Bonchev–Trinajstić information content (AvgIpc) is 2.44. The molecular weight excluding hydrogens is 164 g/mol. The third kappa shape index (κ3) is 1.49. The highest BCUT2D eigenvalue weighted by Gasteiger charge is 2.37. The standard InChI is InChI=1S/C10H16N2O/c1-12-5-3-4-9(12)6-10(13-2)7-11-8-10/h3-5,11H,6-8H2,1-2H3. The number of methoxy groups -OCH3 is 1. The monoisotopic (exact) mass is 180 g/mol. The van der Waals surface area contributed by atoms with Crippen LogP contribution in [0.25, 0.3) is 0 Å². The summed E-state index contributed by atoms with van der Waals surface area (Å²) >= 11 is 0. The summed E-state index contributed by atoms with van der Waals surface area (Å²) in [5.74, 6) is 0. The summed E-state index contributed by atoms with van der Waals surface area (Å²) in [5, 5.41) is 3.25. The molecule has 0 amide bonds. The van der Waals surface area contributed by atoms with Crippen LogP contribution in [0.3, 0.4) is 0 Å². The molecule has 1 aliphatic rings. The zero-order chi connectivity index (χ0) is 9.31. The lowest BCUT2D eigenvalue weighted by atomic mass is 9.91. The number of aromatic nitrogens is 1. The average molecular weight is 180 g/mol. The second-order valence-electron chi connectivity index (χ2n) is 3.78. The van der Waals surface area contributed by atoms with Crippen molar-refractivity contribution in [3.05, 3.63) is 24.0 Å². The molecule has 2 rings (SSSR count). The number of rotatable bonds is 3. The van der Waals surface area contributed by atoms with Crippen molar-refractivity contribution in [3.63, 3.8) is 0 Å². The molecule has 0 radical (unpaired) electrons. The molecular formula is C10H16N2O. The van der Waals surface area contributed by atoms with Gasteiger partial charge in [0.25, 0.3) is 0 Å². The van der Waals surface area contributed by atoms with Crippen LogP contribution in [0.4, 0.5) is 0 Å². The predicted octanol–water partition coefficient (Wildman–Crippen LogP) is 0.556. The first-order chi connectivity index (χ1) is 6.26. The van der Waals surface area contributed by atoms with Gasteiger partial charge in [-0.25, -0.2) is 0 Å². The van der Waals surface area contributed by atoms with E-state index in [1.807, 2.05) is 0 Å². The van der Waals surface area contributed by atoms with Crippen molar-refractivity contribution >= 4 is 0 Å². The molecule has 0 saturated carbocycles. The van der Waals surface area contributed by atoms with Gasteiger partial charge >= 0.3 is 0 Å². The summed E-state index contributed by atoms with van der Waals surface area (Å²) in [5.41, 5.74) is 1.38. The molecule has 1 N–H and O–H groups in total. The van der Waals surface area contributed by atoms with E-state index in [1.165, 1.54) is 5.69 Å². The van der Waals surface area contributed by atoms with E-state index < -0.39 is 0 Å². The van der Waals surface area contributed by atoms with E-state index >= 15 is 0 Å². The molecule has 3 heteroatoms. The SMILES string of the molecule is COC1(Cc2cccn2C)CNC1. The Morgan fingerprint density at radius 2 is 2.38 bits per heavy atom. The first-order valence-electron chi connectivity index (χ1n) is 4.62. The minimum Gasteiger partial charge on any atom is -0.375 e. The van der Waals surface area contributed by atoms with Gasteiger partial charge in [0.05, 0.1) is 5.60 Å². The molecule has 3 nitrogen and oxygen atoms in total. The second-order valence-corrected chi connectivity index (χ2v) is 3.78. The summed E-state index contributed by atoms with van der Waals surface area (Å²) in [6.45, 7) is 1.93. The molecule has 2 heterocycles. The van der Waals surface area contributed by atoms with E-state index in [0.29, 0.717) is 0 Å². The molecule has 0 unspecified atom stereocenters. The highest BCUT2D eigenvalue weighted by atomic mass is 16.5. The highest BCUT2D eigenvalue weighted by Crippen LogP contribution is 2.21. The Bertz CT molecular complexity index is 283. The van der Waals surface area contributed by atoms with E-state index in [9.17, 15) is 0 Å². The van der Waals surface area contributed by atoms with Crippen LogP contribution in [0.2, 0.25) is 0 Å². The Balaban J connectivity index is 2.08. The first kappa shape index (κ1) is 8.78. The number of hydrogen-bond donors (Lipinski definition) is 1. The van der Waals surface area contributed by atoms with Gasteiger partial charge < -0.3 is 14.6 Å². The first-order valence-corrected chi connectivity index (χ1v) is 4.62. The molecule has 13 heavy (non-hydrogen) atoms. The Morgan fingerprint density at radius 3 is 2.77 bits per heavy atom. The minimum absolute atomic E-state index is 0.0477. The predicted molar refractivity (Wildman–Crippen MR) is 51.7 cm³/mol. The Kier molecular flexibility index (Phi) is 2.14. The molecule has 0 bridgehead atoms. The molecule has 1 aromatic heterocycles. The molecule has 1 saturated heterocycles. The van der Waals surface area contributed by atoms with E-state index in [1.54, 1.807) is 7.11 Å². The summed E-state index contributed by atoms with van der Waals surface area (Å²) in [4.78, 5) is 0. The van der Waals surface area contributed by atoms with E-state index in [4.69, 9.17) is 4.74 Å². The molecule has 1 aromatic rings. The zero-order valence-corrected chi connectivity index (χ0v) is 8.21. The Hall–Kier alpha value is -0.800. The summed E-state index contributed by atoms with van der Waals surface area (Å²) < 4.78 is 7.68. The fourth-order valence-corrected chi connectivity index (χ4v) is 1.76. The number of nitrogens with zero attached hydrogens (tertiary/aromatic N) is 1. The van der Waals surface area contributed by atoms with Crippen molar-refractivity contribution < 1.29 is 4.74 Å². The maximum atomic E-state index is 5.53. The van der Waals surface area contributed by atoms with Crippen molar-refractivity contribution in [1.82, 2.24) is 9.88 Å². The maximum Gasteiger partial charge on any atom is 0.0980 e. The van der Waals surface area contributed by atoms with Crippen LogP contribution in [-0.2, 0) is 18.2 Å². The minimum atomic E-state index is 0.0477. The van der Waals surface area contributed by atoms with Gasteiger partial charge in [-0.05, 0) is 12.1 Å². The molecule has 1 fully saturated rings. The lowest BCUT2D eigenvalue weighted by Gasteiger charge is -2.41. The molecule has 0 atom stereocenters. The highest BCUT2D eigenvalue weighted by molar-refractivity contribution is 5.13. The Labute approximate surface area is 78.7 Å². The van der Waals surface area contributed by atoms with Crippen LogP contribution < -0.4 is 5.32 Å². The van der Waals surface area contributed by atoms with Gasteiger partial charge in [-0.1, -0.05) is 0 Å². The number of hydrogen-bond acceptors (Lipinski definition) is 2. The smallest absolute Gasteiger partial charge is 0.0980 e. The lowest BCUT2D eigenvalue weighted by molar-refractivity contribution is -0.0512. The molecule has 0 aromatic carbocycles. The van der Waals surface area contributed by atoms with Gasteiger partial charge in [-0.3, -0.25) is 0 Å². The summed E-state index contributed by atoms with van der Waals surface area (Å²) in [6, 6.07) is 4.23. The number of ether oxygens (including phenoxy) is 1. The van der Waals surface area contributed by atoms with E-state index in [0.717, 1.165) is 19.5 Å². The van der Waals surface area contributed by atoms with Crippen LogP contribution in [0.5, 0.6) is 0 Å². The number of aryl methyl sites for hydroxylation is 1. The summed E-state index contributed by atoms with van der Waals surface area (Å²) in [7, 11) is 3.87. The van der Waals surface area contributed by atoms with Crippen LogP contribution in [0.1, 0.15) is 5.69 Å². The van der Waals surface area contributed by atoms with Crippen LogP contribution in [0.15, 0.2) is 18.3 Å². The topological polar surface area (TPSA) is 26.2 Å². The maximum absolute atomic E-state index is 5.53. The quantitative estimate of drug-likeness (QED) is 0.735.